The molecule has 6 rings (SSSR count). The third kappa shape index (κ3) is 5.29. The zero-order chi connectivity index (χ0) is 28.5. The maximum atomic E-state index is 13.9. The number of nitrogens with zero attached hydrogens (tertiary/aromatic N) is 4. The van der Waals surface area contributed by atoms with Gasteiger partial charge in [0.2, 0.25) is 0 Å². The van der Waals surface area contributed by atoms with Crippen molar-refractivity contribution in [2.24, 2.45) is 0 Å². The van der Waals surface area contributed by atoms with E-state index in [1.165, 1.54) is 24.9 Å². The number of piperazine rings is 1. The Bertz CT molecular complexity index is 1640. The first-order chi connectivity index (χ1) is 19.9. The Kier molecular flexibility index (Phi) is 7.45. The first-order valence-electron chi connectivity index (χ1n) is 14.2. The Morgan fingerprint density at radius 1 is 1.10 bits per heavy atom. The summed E-state index contributed by atoms with van der Waals surface area (Å²) < 4.78 is 19.0. The fourth-order valence-electron chi connectivity index (χ4n) is 5.83. The summed E-state index contributed by atoms with van der Waals surface area (Å²) >= 11 is 0. The molecular weight excluding hydrogens is 519 g/mol. The Hall–Kier alpha value is -4.24. The van der Waals surface area contributed by atoms with Gasteiger partial charge in [0.25, 0.3) is 5.91 Å². The maximum absolute atomic E-state index is 13.9. The standard InChI is InChI=1S/C32H35FN6O2/c1-4-27-25(8-7-20(2)36-27)26-15-23(14-22-16-28(37-30(22)26)21-6-5-9-34-18-21)32(40)39-12-10-38(11-13-39)31-29(41-3)17-24(33)19-35-31/h6-8,14-17,19,34,37H,4-5,9-13,18H2,1-3H3. The van der Waals surface area contributed by atoms with Gasteiger partial charge in [0.15, 0.2) is 11.6 Å². The van der Waals surface area contributed by atoms with Crippen LogP contribution in [-0.4, -0.2) is 72.1 Å². The number of rotatable bonds is 6. The van der Waals surface area contributed by atoms with Gasteiger partial charge in [-0.25, -0.2) is 9.37 Å². The number of carbonyl (C=O) groups excluding carboxylic acids is 1. The number of fused-ring (bicyclic) bond motifs is 1. The predicted octanol–water partition coefficient (Wildman–Crippen LogP) is 4.98. The van der Waals surface area contributed by atoms with Crippen LogP contribution in [0, 0.1) is 12.7 Å². The highest BCUT2D eigenvalue weighted by Gasteiger charge is 2.26. The van der Waals surface area contributed by atoms with Gasteiger partial charge in [-0.2, -0.15) is 0 Å². The lowest BCUT2D eigenvalue weighted by Crippen LogP contribution is -2.49. The third-order valence-electron chi connectivity index (χ3n) is 7.97. The highest BCUT2D eigenvalue weighted by molar-refractivity contribution is 6.05. The number of anilines is 1. The normalized spacial score (nSPS) is 15.8. The molecule has 2 N–H and O–H groups in total. The van der Waals surface area contributed by atoms with Crippen molar-refractivity contribution in [1.29, 1.82) is 0 Å². The molecule has 5 heterocycles. The fourth-order valence-corrected chi connectivity index (χ4v) is 5.83. The molecule has 0 radical (unpaired) electrons. The van der Waals surface area contributed by atoms with Crippen molar-refractivity contribution in [2.75, 3.05) is 51.3 Å². The minimum Gasteiger partial charge on any atom is -0.493 e. The van der Waals surface area contributed by atoms with E-state index in [1.54, 1.807) is 0 Å². The largest absolute Gasteiger partial charge is 0.493 e. The number of ether oxygens (including phenoxy) is 1. The van der Waals surface area contributed by atoms with Crippen molar-refractivity contribution < 1.29 is 13.9 Å². The molecule has 0 atom stereocenters. The number of amides is 1. The quantitative estimate of drug-likeness (QED) is 0.350. The van der Waals surface area contributed by atoms with Crippen LogP contribution in [0.1, 0.15) is 40.8 Å². The Balaban J connectivity index is 1.34. The minimum absolute atomic E-state index is 0.00810. The number of hydrogen-bond acceptors (Lipinski definition) is 6. The number of nitrogens with one attached hydrogen (secondary N) is 2. The van der Waals surface area contributed by atoms with Gasteiger partial charge in [-0.3, -0.25) is 9.78 Å². The molecule has 4 aromatic rings. The zero-order valence-electron chi connectivity index (χ0n) is 23.8. The molecule has 1 amide bonds. The first kappa shape index (κ1) is 27.0. The van der Waals surface area contributed by atoms with Crippen LogP contribution in [0.3, 0.4) is 0 Å². The van der Waals surface area contributed by atoms with E-state index in [0.717, 1.165) is 65.0 Å². The van der Waals surface area contributed by atoms with Gasteiger partial charge in [0.1, 0.15) is 5.82 Å². The van der Waals surface area contributed by atoms with Gasteiger partial charge < -0.3 is 24.8 Å². The van der Waals surface area contributed by atoms with Gasteiger partial charge in [-0.05, 0) is 56.1 Å². The van der Waals surface area contributed by atoms with Crippen LogP contribution in [0.4, 0.5) is 10.2 Å². The van der Waals surface area contributed by atoms with Crippen LogP contribution in [-0.2, 0) is 6.42 Å². The number of aryl methyl sites for hydroxylation is 2. The van der Waals surface area contributed by atoms with Crippen LogP contribution < -0.4 is 15.0 Å². The van der Waals surface area contributed by atoms with Crippen LogP contribution in [0.5, 0.6) is 5.75 Å². The summed E-state index contributed by atoms with van der Waals surface area (Å²) in [7, 11) is 1.51. The number of H-pyrrole nitrogens is 1. The molecule has 0 saturated carbocycles. The predicted molar refractivity (Wildman–Crippen MR) is 160 cm³/mol. The molecule has 0 spiro atoms. The van der Waals surface area contributed by atoms with Gasteiger partial charge in [-0.15, -0.1) is 0 Å². The second-order valence-electron chi connectivity index (χ2n) is 10.6. The van der Waals surface area contributed by atoms with Crippen molar-refractivity contribution in [3.05, 3.63) is 77.1 Å². The molecule has 0 aliphatic carbocycles. The topological polar surface area (TPSA) is 86.4 Å². The fraction of sp³-hybridized carbons (Fsp3) is 0.344. The van der Waals surface area contributed by atoms with Crippen molar-refractivity contribution in [3.63, 3.8) is 0 Å². The minimum atomic E-state index is -0.440. The highest BCUT2D eigenvalue weighted by Crippen LogP contribution is 2.35. The van der Waals surface area contributed by atoms with E-state index < -0.39 is 5.82 Å². The average molecular weight is 555 g/mol. The molecule has 1 saturated heterocycles. The molecule has 0 bridgehead atoms. The number of benzene rings is 1. The summed E-state index contributed by atoms with van der Waals surface area (Å²) in [6, 6.07) is 11.7. The smallest absolute Gasteiger partial charge is 0.254 e. The summed E-state index contributed by atoms with van der Waals surface area (Å²) in [4.78, 5) is 30.6. The van der Waals surface area contributed by atoms with E-state index in [1.807, 2.05) is 34.9 Å². The molecule has 0 unspecified atom stereocenters. The van der Waals surface area contributed by atoms with Gasteiger partial charge in [0, 0.05) is 77.9 Å². The molecule has 9 heteroatoms. The zero-order valence-corrected chi connectivity index (χ0v) is 23.8. The molecule has 2 aliphatic rings. The van der Waals surface area contributed by atoms with E-state index in [-0.39, 0.29) is 5.91 Å². The number of aromatic amines is 1. The summed E-state index contributed by atoms with van der Waals surface area (Å²) in [5.41, 5.74) is 8.01. The monoisotopic (exact) mass is 554 g/mol. The van der Waals surface area contributed by atoms with Crippen molar-refractivity contribution in [1.82, 2.24) is 25.2 Å². The van der Waals surface area contributed by atoms with E-state index in [4.69, 9.17) is 9.72 Å². The van der Waals surface area contributed by atoms with Crippen molar-refractivity contribution >= 4 is 28.2 Å². The van der Waals surface area contributed by atoms with Crippen molar-refractivity contribution in [2.45, 2.75) is 26.7 Å². The van der Waals surface area contributed by atoms with Gasteiger partial charge in [-0.1, -0.05) is 19.1 Å². The second kappa shape index (κ2) is 11.3. The van der Waals surface area contributed by atoms with E-state index in [0.29, 0.717) is 43.3 Å². The summed E-state index contributed by atoms with van der Waals surface area (Å²) in [6.07, 6.45) is 5.26. The van der Waals surface area contributed by atoms with E-state index in [2.05, 4.69) is 40.4 Å². The SMILES string of the molecule is CCc1nc(C)ccc1-c1cc(C(=O)N2CCN(c3ncc(F)cc3OC)CC2)cc2cc(C3=CCCNC3)[nH]c12. The van der Waals surface area contributed by atoms with Crippen LogP contribution in [0.2, 0.25) is 0 Å². The average Bonchev–Trinajstić information content (AvgIpc) is 3.45. The van der Waals surface area contributed by atoms with Gasteiger partial charge in [0.05, 0.1) is 18.8 Å². The number of halogens is 1. The lowest BCUT2D eigenvalue weighted by molar-refractivity contribution is 0.0746. The van der Waals surface area contributed by atoms with Crippen molar-refractivity contribution in [3.8, 4) is 16.9 Å². The highest BCUT2D eigenvalue weighted by atomic mass is 19.1. The van der Waals surface area contributed by atoms with Crippen LogP contribution in [0.25, 0.3) is 27.6 Å². The molecule has 3 aromatic heterocycles. The molecule has 212 valence electrons. The number of pyridine rings is 2. The third-order valence-corrected chi connectivity index (χ3v) is 7.97. The van der Waals surface area contributed by atoms with Gasteiger partial charge >= 0.3 is 0 Å². The number of carbonyl (C=O) groups is 1. The maximum Gasteiger partial charge on any atom is 0.254 e. The lowest BCUT2D eigenvalue weighted by atomic mass is 9.97. The molecule has 8 nitrogen and oxygen atoms in total. The van der Waals surface area contributed by atoms with E-state index >= 15 is 0 Å². The molecular formula is C32H35FN6O2. The van der Waals surface area contributed by atoms with E-state index in [9.17, 15) is 9.18 Å². The number of methoxy groups -OCH3 is 1. The Morgan fingerprint density at radius 3 is 2.66 bits per heavy atom. The Morgan fingerprint density at radius 2 is 1.93 bits per heavy atom. The lowest BCUT2D eigenvalue weighted by Gasteiger charge is -2.36. The van der Waals surface area contributed by atoms with Crippen LogP contribution in [0.15, 0.2) is 48.7 Å². The number of hydrogen-bond donors (Lipinski definition) is 2. The molecule has 2 aliphatic heterocycles. The van der Waals surface area contributed by atoms with Crippen LogP contribution >= 0.6 is 0 Å². The summed E-state index contributed by atoms with van der Waals surface area (Å²) in [5, 5.41) is 4.46. The first-order valence-corrected chi connectivity index (χ1v) is 14.2. The number of aromatic nitrogens is 3. The Labute approximate surface area is 239 Å². The second-order valence-corrected chi connectivity index (χ2v) is 10.6. The molecule has 1 aromatic carbocycles. The summed E-state index contributed by atoms with van der Waals surface area (Å²) in [5.74, 6) is 0.538. The molecule has 1 fully saturated rings. The molecule has 41 heavy (non-hydrogen) atoms. The summed E-state index contributed by atoms with van der Waals surface area (Å²) in [6.45, 7) is 8.12.